The van der Waals surface area contributed by atoms with Crippen LogP contribution < -0.4 is 0 Å². The highest BCUT2D eigenvalue weighted by molar-refractivity contribution is 4.78. The van der Waals surface area contributed by atoms with Crippen molar-refractivity contribution in [2.45, 2.75) is 63.8 Å². The lowest BCUT2D eigenvalue weighted by molar-refractivity contribution is -0.215. The molecule has 0 aromatic rings. The van der Waals surface area contributed by atoms with E-state index in [4.69, 9.17) is 4.74 Å². The van der Waals surface area contributed by atoms with Gasteiger partial charge in [0.1, 0.15) is 0 Å². The van der Waals surface area contributed by atoms with E-state index in [2.05, 4.69) is 6.92 Å². The van der Waals surface area contributed by atoms with Gasteiger partial charge in [-0.3, -0.25) is 0 Å². The van der Waals surface area contributed by atoms with Crippen LogP contribution in [-0.4, -0.2) is 18.4 Å². The first kappa shape index (κ1) is 11.8. The van der Waals surface area contributed by atoms with Gasteiger partial charge in [0, 0.05) is 0 Å². The maximum Gasteiger partial charge on any atom is 0.414 e. The molecule has 0 N–H and O–H groups in total. The summed E-state index contributed by atoms with van der Waals surface area (Å²) in [6.45, 7) is 2.08. The fourth-order valence-corrected chi connectivity index (χ4v) is 1.78. The molecule has 0 aromatic carbocycles. The van der Waals surface area contributed by atoms with E-state index >= 15 is 0 Å². The zero-order valence-corrected chi connectivity index (χ0v) is 8.44. The second-order valence-corrected chi connectivity index (χ2v) is 3.86. The van der Waals surface area contributed by atoms with Gasteiger partial charge in [-0.15, -0.1) is 0 Å². The van der Waals surface area contributed by atoms with E-state index in [1.807, 2.05) is 0 Å². The van der Waals surface area contributed by atoms with Crippen molar-refractivity contribution in [1.82, 2.24) is 0 Å². The highest BCUT2D eigenvalue weighted by Gasteiger charge is 2.45. The van der Waals surface area contributed by atoms with Gasteiger partial charge in [0.15, 0.2) is 6.10 Å². The molecule has 4 heteroatoms. The summed E-state index contributed by atoms with van der Waals surface area (Å²) < 4.78 is 41.5. The number of unbranched alkanes of at least 4 members (excludes halogenated alkanes) is 2. The van der Waals surface area contributed by atoms with Crippen molar-refractivity contribution in [2.24, 2.45) is 0 Å². The molecule has 1 aliphatic heterocycles. The lowest BCUT2D eigenvalue weighted by atomic mass is 10.1. The van der Waals surface area contributed by atoms with Crippen molar-refractivity contribution in [1.29, 1.82) is 0 Å². The summed E-state index contributed by atoms with van der Waals surface area (Å²) in [5.41, 5.74) is 0. The summed E-state index contributed by atoms with van der Waals surface area (Å²) in [7, 11) is 0. The Morgan fingerprint density at radius 3 is 2.43 bits per heavy atom. The predicted molar refractivity (Wildman–Crippen MR) is 48.1 cm³/mol. The molecular formula is C10H17F3O. The van der Waals surface area contributed by atoms with Crippen LogP contribution >= 0.6 is 0 Å². The Bertz CT molecular complexity index is 167. The Morgan fingerprint density at radius 1 is 1.21 bits per heavy atom. The van der Waals surface area contributed by atoms with Crippen LogP contribution in [0.4, 0.5) is 13.2 Å². The molecule has 1 fully saturated rings. The molecular weight excluding hydrogens is 193 g/mol. The van der Waals surface area contributed by atoms with Crippen LogP contribution in [0.15, 0.2) is 0 Å². The molecule has 1 rings (SSSR count). The molecule has 1 nitrogen and oxygen atoms in total. The van der Waals surface area contributed by atoms with Gasteiger partial charge in [-0.25, -0.2) is 0 Å². The maximum atomic E-state index is 12.2. The number of alkyl halides is 3. The average molecular weight is 210 g/mol. The largest absolute Gasteiger partial charge is 0.414 e. The summed E-state index contributed by atoms with van der Waals surface area (Å²) in [5, 5.41) is 0. The lowest BCUT2D eigenvalue weighted by Gasteiger charge is -2.16. The van der Waals surface area contributed by atoms with E-state index in [9.17, 15) is 13.2 Å². The fourth-order valence-electron chi connectivity index (χ4n) is 1.78. The minimum absolute atomic E-state index is 0.139. The van der Waals surface area contributed by atoms with Gasteiger partial charge in [0.05, 0.1) is 6.10 Å². The highest BCUT2D eigenvalue weighted by atomic mass is 19.4. The summed E-state index contributed by atoms with van der Waals surface area (Å²) in [6.07, 6.45) is -1.20. The van der Waals surface area contributed by atoms with Crippen LogP contribution in [0.1, 0.15) is 45.4 Å². The molecule has 0 spiro atoms. The van der Waals surface area contributed by atoms with E-state index in [1.165, 1.54) is 0 Å². The minimum atomic E-state index is -4.17. The summed E-state index contributed by atoms with van der Waals surface area (Å²) in [6, 6.07) is 0. The van der Waals surface area contributed by atoms with Gasteiger partial charge in [-0.05, 0) is 19.3 Å². The van der Waals surface area contributed by atoms with Gasteiger partial charge in [-0.1, -0.05) is 26.2 Å². The standard InChI is InChI=1S/C10H17F3O/c1-2-3-4-5-8-6-7-9(14-8)10(11,12)13/h8-9H,2-7H2,1H3. The average Bonchev–Trinajstić information content (AvgIpc) is 2.52. The van der Waals surface area contributed by atoms with Crippen LogP contribution in [-0.2, 0) is 4.74 Å². The van der Waals surface area contributed by atoms with Crippen molar-refractivity contribution in [2.75, 3.05) is 0 Å². The second kappa shape index (κ2) is 5.01. The van der Waals surface area contributed by atoms with Crippen LogP contribution in [0.5, 0.6) is 0 Å². The zero-order chi connectivity index (χ0) is 10.6. The molecule has 2 atom stereocenters. The zero-order valence-electron chi connectivity index (χ0n) is 8.44. The molecule has 0 radical (unpaired) electrons. The summed E-state index contributed by atoms with van der Waals surface area (Å²) >= 11 is 0. The molecule has 0 amide bonds. The van der Waals surface area contributed by atoms with Gasteiger partial charge in [-0.2, -0.15) is 13.2 Å². The molecule has 1 aliphatic rings. The predicted octanol–water partition coefficient (Wildman–Crippen LogP) is 3.68. The molecule has 1 heterocycles. The van der Waals surface area contributed by atoms with Crippen molar-refractivity contribution in [3.63, 3.8) is 0 Å². The molecule has 0 aliphatic carbocycles. The van der Waals surface area contributed by atoms with Gasteiger partial charge in [0.2, 0.25) is 0 Å². The summed E-state index contributed by atoms with van der Waals surface area (Å²) in [4.78, 5) is 0. The first-order valence-corrected chi connectivity index (χ1v) is 5.26. The Morgan fingerprint density at radius 2 is 1.93 bits per heavy atom. The number of hydrogen-bond donors (Lipinski definition) is 0. The van der Waals surface area contributed by atoms with Crippen LogP contribution in [0.2, 0.25) is 0 Å². The molecule has 84 valence electrons. The molecule has 0 aromatic heterocycles. The Hall–Kier alpha value is -0.250. The van der Waals surface area contributed by atoms with Gasteiger partial charge < -0.3 is 4.74 Å². The molecule has 0 saturated carbocycles. The fraction of sp³-hybridized carbons (Fsp3) is 1.00. The topological polar surface area (TPSA) is 9.23 Å². The highest BCUT2D eigenvalue weighted by Crippen LogP contribution is 2.34. The summed E-state index contributed by atoms with van der Waals surface area (Å²) in [5.74, 6) is 0. The van der Waals surface area contributed by atoms with Gasteiger partial charge in [0.25, 0.3) is 0 Å². The third-order valence-corrected chi connectivity index (χ3v) is 2.60. The molecule has 2 unspecified atom stereocenters. The minimum Gasteiger partial charge on any atom is -0.366 e. The van der Waals surface area contributed by atoms with Crippen molar-refractivity contribution >= 4 is 0 Å². The smallest absolute Gasteiger partial charge is 0.366 e. The Balaban J connectivity index is 2.21. The quantitative estimate of drug-likeness (QED) is 0.643. The van der Waals surface area contributed by atoms with E-state index in [0.29, 0.717) is 6.42 Å². The Labute approximate surface area is 82.6 Å². The van der Waals surface area contributed by atoms with E-state index in [1.54, 1.807) is 0 Å². The lowest BCUT2D eigenvalue weighted by Crippen LogP contribution is -2.28. The number of ether oxygens (including phenoxy) is 1. The monoisotopic (exact) mass is 210 g/mol. The van der Waals surface area contributed by atoms with E-state index < -0.39 is 12.3 Å². The van der Waals surface area contributed by atoms with E-state index in [-0.39, 0.29) is 12.5 Å². The molecule has 1 saturated heterocycles. The SMILES string of the molecule is CCCCCC1CCC(C(F)(F)F)O1. The third-order valence-electron chi connectivity index (χ3n) is 2.60. The number of halogens is 3. The second-order valence-electron chi connectivity index (χ2n) is 3.86. The Kier molecular flexibility index (Phi) is 4.23. The van der Waals surface area contributed by atoms with Crippen LogP contribution in [0, 0.1) is 0 Å². The van der Waals surface area contributed by atoms with Gasteiger partial charge >= 0.3 is 6.18 Å². The van der Waals surface area contributed by atoms with E-state index in [0.717, 1.165) is 25.7 Å². The first-order chi connectivity index (χ1) is 6.54. The van der Waals surface area contributed by atoms with Crippen LogP contribution in [0.25, 0.3) is 0 Å². The normalized spacial score (nSPS) is 28.3. The van der Waals surface area contributed by atoms with Crippen molar-refractivity contribution < 1.29 is 17.9 Å². The molecule has 0 bridgehead atoms. The number of hydrogen-bond acceptors (Lipinski definition) is 1. The molecule has 14 heavy (non-hydrogen) atoms. The first-order valence-electron chi connectivity index (χ1n) is 5.26. The van der Waals surface area contributed by atoms with Crippen molar-refractivity contribution in [3.8, 4) is 0 Å². The number of rotatable bonds is 4. The van der Waals surface area contributed by atoms with Crippen LogP contribution in [0.3, 0.4) is 0 Å². The maximum absolute atomic E-state index is 12.2. The van der Waals surface area contributed by atoms with Crippen molar-refractivity contribution in [3.05, 3.63) is 0 Å². The third kappa shape index (κ3) is 3.48.